The van der Waals surface area contributed by atoms with Crippen LogP contribution in [0, 0.1) is 17.1 Å². The summed E-state index contributed by atoms with van der Waals surface area (Å²) in [4.78, 5) is 20.8. The molecule has 5 rings (SSSR count). The SMILES string of the molecule is COc1ccc(-c2nc3n[nH]c(N)c3c(-c3ccc(N4CCN(C(=O)OC(C)(C)C)CC4)cc3)c2C#N)c(F)c1. The summed E-state index contributed by atoms with van der Waals surface area (Å²) in [5.41, 5.74) is 8.65. The number of methoxy groups -OCH3 is 1. The molecule has 1 aliphatic rings. The normalized spacial score (nSPS) is 13.8. The van der Waals surface area contributed by atoms with Crippen LogP contribution >= 0.6 is 0 Å². The first kappa shape index (κ1) is 26.7. The van der Waals surface area contributed by atoms with Crippen molar-refractivity contribution in [2.45, 2.75) is 26.4 Å². The molecule has 0 unspecified atom stereocenters. The van der Waals surface area contributed by atoms with Crippen molar-refractivity contribution in [1.29, 1.82) is 5.26 Å². The van der Waals surface area contributed by atoms with Gasteiger partial charge in [-0.05, 0) is 50.6 Å². The summed E-state index contributed by atoms with van der Waals surface area (Å²) in [5, 5.41) is 17.7. The molecule has 2 aromatic carbocycles. The van der Waals surface area contributed by atoms with E-state index in [4.69, 9.17) is 15.2 Å². The second kappa shape index (κ2) is 10.4. The van der Waals surface area contributed by atoms with Gasteiger partial charge in [0.25, 0.3) is 0 Å². The minimum atomic E-state index is -0.571. The Morgan fingerprint density at radius 2 is 1.82 bits per heavy atom. The van der Waals surface area contributed by atoms with Gasteiger partial charge in [0.05, 0.1) is 23.8 Å². The summed E-state index contributed by atoms with van der Waals surface area (Å²) >= 11 is 0. The number of halogens is 1. The van der Waals surface area contributed by atoms with Gasteiger partial charge in [-0.15, -0.1) is 0 Å². The van der Waals surface area contributed by atoms with Crippen LogP contribution < -0.4 is 15.4 Å². The van der Waals surface area contributed by atoms with Crippen molar-refractivity contribution in [2.24, 2.45) is 0 Å². The predicted molar refractivity (Wildman–Crippen MR) is 150 cm³/mol. The molecule has 10 nitrogen and oxygen atoms in total. The van der Waals surface area contributed by atoms with Crippen molar-refractivity contribution in [3.63, 3.8) is 0 Å². The third-order valence-corrected chi connectivity index (χ3v) is 6.73. The van der Waals surface area contributed by atoms with E-state index in [9.17, 15) is 10.1 Å². The topological polar surface area (TPSA) is 133 Å². The first-order chi connectivity index (χ1) is 19.1. The number of nitrogens with one attached hydrogen (secondary N) is 1. The van der Waals surface area contributed by atoms with E-state index in [2.05, 4.69) is 26.2 Å². The smallest absolute Gasteiger partial charge is 0.410 e. The molecule has 11 heteroatoms. The summed E-state index contributed by atoms with van der Waals surface area (Å²) in [7, 11) is 1.45. The second-order valence-electron chi connectivity index (χ2n) is 10.5. The molecule has 0 spiro atoms. The number of hydrogen-bond donors (Lipinski definition) is 2. The highest BCUT2D eigenvalue weighted by Crippen LogP contribution is 2.40. The van der Waals surface area contributed by atoms with Gasteiger partial charge in [-0.25, -0.2) is 14.2 Å². The van der Waals surface area contributed by atoms with Crippen LogP contribution in [0.5, 0.6) is 5.75 Å². The lowest BCUT2D eigenvalue weighted by molar-refractivity contribution is 0.0240. The van der Waals surface area contributed by atoms with Gasteiger partial charge >= 0.3 is 6.09 Å². The Bertz CT molecular complexity index is 1610. The number of carbonyl (C=O) groups is 1. The molecule has 1 aliphatic heterocycles. The maximum atomic E-state index is 15.1. The molecule has 206 valence electrons. The Balaban J connectivity index is 1.48. The zero-order valence-corrected chi connectivity index (χ0v) is 22.8. The summed E-state index contributed by atoms with van der Waals surface area (Å²) in [6.45, 7) is 7.94. The Kier molecular flexibility index (Phi) is 6.94. The van der Waals surface area contributed by atoms with E-state index in [-0.39, 0.29) is 34.4 Å². The monoisotopic (exact) mass is 543 g/mol. The van der Waals surface area contributed by atoms with Crippen LogP contribution in [-0.4, -0.2) is 65.1 Å². The molecule has 0 aliphatic carbocycles. The average molecular weight is 544 g/mol. The molecule has 0 radical (unpaired) electrons. The van der Waals surface area contributed by atoms with E-state index in [1.807, 2.05) is 45.0 Å². The first-order valence-electron chi connectivity index (χ1n) is 12.8. The fraction of sp³-hybridized carbons (Fsp3) is 0.310. The lowest BCUT2D eigenvalue weighted by Crippen LogP contribution is -2.50. The van der Waals surface area contributed by atoms with Gasteiger partial charge in [0.1, 0.15) is 29.1 Å². The Hall–Kier alpha value is -4.85. The van der Waals surface area contributed by atoms with E-state index < -0.39 is 11.4 Å². The van der Waals surface area contributed by atoms with E-state index in [0.717, 1.165) is 5.69 Å². The number of aromatic amines is 1. The minimum Gasteiger partial charge on any atom is -0.497 e. The number of ether oxygens (including phenoxy) is 2. The number of fused-ring (bicyclic) bond motifs is 1. The van der Waals surface area contributed by atoms with Crippen LogP contribution in [0.25, 0.3) is 33.4 Å². The number of H-pyrrole nitrogens is 1. The van der Waals surface area contributed by atoms with Crippen LogP contribution in [-0.2, 0) is 4.74 Å². The van der Waals surface area contributed by atoms with Gasteiger partial charge in [-0.2, -0.15) is 10.4 Å². The molecule has 0 bridgehead atoms. The number of hydrogen-bond acceptors (Lipinski definition) is 8. The van der Waals surface area contributed by atoms with Crippen LogP contribution in [0.3, 0.4) is 0 Å². The highest BCUT2D eigenvalue weighted by Gasteiger charge is 2.27. The summed E-state index contributed by atoms with van der Waals surface area (Å²) in [5.74, 6) is 0.0451. The van der Waals surface area contributed by atoms with Crippen LogP contribution in [0.2, 0.25) is 0 Å². The third kappa shape index (κ3) is 5.08. The maximum absolute atomic E-state index is 15.1. The molecule has 1 amide bonds. The summed E-state index contributed by atoms with van der Waals surface area (Å²) in [6.07, 6.45) is -0.310. The van der Waals surface area contributed by atoms with Crippen LogP contribution in [0.4, 0.5) is 20.7 Å². The fourth-order valence-electron chi connectivity index (χ4n) is 4.80. The maximum Gasteiger partial charge on any atom is 0.410 e. The van der Waals surface area contributed by atoms with Crippen molar-refractivity contribution in [3.8, 4) is 34.2 Å². The number of nitriles is 1. The van der Waals surface area contributed by atoms with Crippen molar-refractivity contribution in [1.82, 2.24) is 20.1 Å². The summed E-state index contributed by atoms with van der Waals surface area (Å²) < 4.78 is 25.7. The lowest BCUT2D eigenvalue weighted by Gasteiger charge is -2.36. The van der Waals surface area contributed by atoms with Crippen molar-refractivity contribution in [3.05, 3.63) is 53.8 Å². The Morgan fingerprint density at radius 3 is 2.42 bits per heavy atom. The van der Waals surface area contributed by atoms with E-state index in [0.29, 0.717) is 48.4 Å². The molecular formula is C29H30FN7O3. The number of piperazine rings is 1. The highest BCUT2D eigenvalue weighted by molar-refractivity contribution is 6.04. The zero-order valence-electron chi connectivity index (χ0n) is 22.8. The van der Waals surface area contributed by atoms with E-state index in [1.165, 1.54) is 19.2 Å². The Labute approximate surface area is 231 Å². The largest absolute Gasteiger partial charge is 0.497 e. The minimum absolute atomic E-state index is 0.154. The highest BCUT2D eigenvalue weighted by atomic mass is 19.1. The number of nitrogen functional groups attached to an aromatic ring is 1. The second-order valence-corrected chi connectivity index (χ2v) is 10.5. The van der Waals surface area contributed by atoms with Gasteiger partial charge < -0.3 is 25.0 Å². The number of nitrogens with two attached hydrogens (primary N) is 1. The number of pyridine rings is 1. The number of rotatable bonds is 4. The van der Waals surface area contributed by atoms with Crippen molar-refractivity contribution in [2.75, 3.05) is 43.9 Å². The zero-order chi connectivity index (χ0) is 28.6. The average Bonchev–Trinajstić information content (AvgIpc) is 3.31. The molecule has 4 aromatic rings. The van der Waals surface area contributed by atoms with Crippen molar-refractivity contribution >= 4 is 28.6 Å². The standard InChI is InChI=1S/C29H30FN7O3/c1-29(2,3)40-28(38)37-13-11-36(12-14-37)18-7-5-17(6-8-18)23-21(16-31)25(33-27-24(23)26(32)34-35-27)20-10-9-19(39-4)15-22(20)30/h5-10,15H,11-14H2,1-4H3,(H3,32,33,34,35). The Morgan fingerprint density at radius 1 is 1.12 bits per heavy atom. The van der Waals surface area contributed by atoms with Gasteiger partial charge in [0, 0.05) is 49.1 Å². The fourth-order valence-corrected chi connectivity index (χ4v) is 4.80. The molecule has 3 heterocycles. The van der Waals surface area contributed by atoms with Crippen LogP contribution in [0.15, 0.2) is 42.5 Å². The number of aromatic nitrogens is 3. The summed E-state index contributed by atoms with van der Waals surface area (Å²) in [6, 6.07) is 14.3. The number of carbonyl (C=O) groups excluding carboxylic acids is 1. The predicted octanol–water partition coefficient (Wildman–Crippen LogP) is 4.95. The molecule has 0 saturated carbocycles. The van der Waals surface area contributed by atoms with Gasteiger partial charge in [-0.3, -0.25) is 5.10 Å². The molecule has 2 aromatic heterocycles. The van der Waals surface area contributed by atoms with Crippen LogP contribution in [0.1, 0.15) is 26.3 Å². The number of benzene rings is 2. The number of anilines is 2. The van der Waals surface area contributed by atoms with Gasteiger partial charge in [0.15, 0.2) is 5.65 Å². The molecule has 1 fully saturated rings. The van der Waals surface area contributed by atoms with Gasteiger partial charge in [-0.1, -0.05) is 12.1 Å². The van der Waals surface area contributed by atoms with E-state index >= 15 is 4.39 Å². The number of nitrogens with zero attached hydrogens (tertiary/aromatic N) is 5. The quantitative estimate of drug-likeness (QED) is 0.369. The molecule has 40 heavy (non-hydrogen) atoms. The van der Waals surface area contributed by atoms with Gasteiger partial charge in [0.2, 0.25) is 0 Å². The number of amides is 1. The third-order valence-electron chi connectivity index (χ3n) is 6.73. The molecular weight excluding hydrogens is 513 g/mol. The molecule has 0 atom stereocenters. The molecule has 3 N–H and O–H groups in total. The first-order valence-corrected chi connectivity index (χ1v) is 12.8. The molecule has 1 saturated heterocycles. The lowest BCUT2D eigenvalue weighted by atomic mass is 9.93. The van der Waals surface area contributed by atoms with E-state index in [1.54, 1.807) is 11.0 Å². The van der Waals surface area contributed by atoms with Crippen molar-refractivity contribution < 1.29 is 18.7 Å².